The first-order valence-corrected chi connectivity index (χ1v) is 8.55. The van der Waals surface area contributed by atoms with Crippen LogP contribution in [0.4, 0.5) is 0 Å². The van der Waals surface area contributed by atoms with Crippen molar-refractivity contribution in [2.45, 2.75) is 33.2 Å². The van der Waals surface area contributed by atoms with Crippen LogP contribution in [0.3, 0.4) is 0 Å². The van der Waals surface area contributed by atoms with Gasteiger partial charge in [0.2, 0.25) is 0 Å². The number of hydrogen-bond acceptors (Lipinski definition) is 6. The molecule has 144 valence electrons. The summed E-state index contributed by atoms with van der Waals surface area (Å²) in [5.74, 6) is -2.27. The second kappa shape index (κ2) is 10.8. The number of rotatable bonds is 8. The summed E-state index contributed by atoms with van der Waals surface area (Å²) in [5, 5.41) is 11.6. The summed E-state index contributed by atoms with van der Waals surface area (Å²) in [7, 11) is 1.24. The largest absolute Gasteiger partial charge is 0.467 e. The lowest BCUT2D eigenvalue weighted by Gasteiger charge is -2.21. The number of nitrogens with zero attached hydrogens (tertiary/aromatic N) is 1. The zero-order chi connectivity index (χ0) is 20.4. The Balaban J connectivity index is 2.70. The van der Waals surface area contributed by atoms with Gasteiger partial charge in [-0.25, -0.2) is 9.59 Å². The summed E-state index contributed by atoms with van der Waals surface area (Å²) in [6.07, 6.45) is 2.04. The van der Waals surface area contributed by atoms with E-state index in [0.717, 1.165) is 5.56 Å². The van der Waals surface area contributed by atoms with Gasteiger partial charge in [-0.15, -0.1) is 0 Å². The highest BCUT2D eigenvalue weighted by atomic mass is 16.5. The Morgan fingerprint density at radius 2 is 1.89 bits per heavy atom. The number of nitriles is 1. The first-order valence-electron chi connectivity index (χ1n) is 8.55. The SMILES string of the molecule is CC[C@H](C)[C@@H](NC(=O)COC(=O)/C(C#N)=C/c1ccc(C)cc1)C(=O)OC. The summed E-state index contributed by atoms with van der Waals surface area (Å²) >= 11 is 0. The Hall–Kier alpha value is -3.14. The highest BCUT2D eigenvalue weighted by Gasteiger charge is 2.27. The van der Waals surface area contributed by atoms with Gasteiger partial charge in [-0.05, 0) is 24.5 Å². The predicted octanol–water partition coefficient (Wildman–Crippen LogP) is 2.15. The van der Waals surface area contributed by atoms with Crippen LogP contribution in [-0.2, 0) is 23.9 Å². The van der Waals surface area contributed by atoms with Gasteiger partial charge in [0.15, 0.2) is 6.61 Å². The smallest absolute Gasteiger partial charge is 0.349 e. The number of carbonyl (C=O) groups excluding carboxylic acids is 3. The van der Waals surface area contributed by atoms with Crippen LogP contribution in [0.1, 0.15) is 31.4 Å². The summed E-state index contributed by atoms with van der Waals surface area (Å²) in [6, 6.07) is 8.16. The Labute approximate surface area is 159 Å². The van der Waals surface area contributed by atoms with E-state index in [2.05, 4.69) is 10.1 Å². The molecular formula is C20H24N2O5. The third-order valence-electron chi connectivity index (χ3n) is 4.05. The molecule has 27 heavy (non-hydrogen) atoms. The number of hydrogen-bond donors (Lipinski definition) is 1. The highest BCUT2D eigenvalue weighted by molar-refractivity contribution is 5.99. The maximum Gasteiger partial charge on any atom is 0.349 e. The molecule has 1 aromatic carbocycles. The van der Waals surface area contributed by atoms with Crippen LogP contribution in [0.2, 0.25) is 0 Å². The molecule has 0 unspecified atom stereocenters. The van der Waals surface area contributed by atoms with Crippen molar-refractivity contribution in [3.8, 4) is 6.07 Å². The van der Waals surface area contributed by atoms with E-state index in [4.69, 9.17) is 10.00 Å². The maximum atomic E-state index is 12.0. The Bertz CT molecular complexity index is 747. The Kier molecular flexibility index (Phi) is 8.73. The average Bonchev–Trinajstić information content (AvgIpc) is 2.68. The van der Waals surface area contributed by atoms with Crippen molar-refractivity contribution in [1.82, 2.24) is 5.32 Å². The number of esters is 2. The number of amides is 1. The molecule has 0 saturated heterocycles. The summed E-state index contributed by atoms with van der Waals surface area (Å²) in [4.78, 5) is 35.8. The quantitative estimate of drug-likeness (QED) is 0.426. The molecule has 0 bridgehead atoms. The lowest BCUT2D eigenvalue weighted by atomic mass is 9.99. The molecule has 0 saturated carbocycles. The van der Waals surface area contributed by atoms with E-state index < -0.39 is 30.5 Å². The van der Waals surface area contributed by atoms with E-state index in [1.165, 1.54) is 13.2 Å². The van der Waals surface area contributed by atoms with Gasteiger partial charge in [-0.2, -0.15) is 5.26 Å². The lowest BCUT2D eigenvalue weighted by Crippen LogP contribution is -2.47. The standard InChI is InChI=1S/C20H24N2O5/c1-5-14(3)18(20(25)26-4)22-17(23)12-27-19(24)16(11-21)10-15-8-6-13(2)7-9-15/h6-10,14,18H,5,12H2,1-4H3,(H,22,23)/b16-10+/t14-,18+/m0/s1. The number of carbonyl (C=O) groups is 3. The topological polar surface area (TPSA) is 105 Å². The molecule has 0 fully saturated rings. The van der Waals surface area contributed by atoms with Gasteiger partial charge < -0.3 is 14.8 Å². The van der Waals surface area contributed by atoms with Crippen molar-refractivity contribution >= 4 is 23.9 Å². The fraction of sp³-hybridized carbons (Fsp3) is 0.400. The van der Waals surface area contributed by atoms with Crippen LogP contribution in [0.5, 0.6) is 0 Å². The molecule has 0 heterocycles. The van der Waals surface area contributed by atoms with Gasteiger partial charge in [-0.3, -0.25) is 4.79 Å². The molecule has 0 aliphatic carbocycles. The average molecular weight is 372 g/mol. The van der Waals surface area contributed by atoms with Crippen LogP contribution in [0.25, 0.3) is 6.08 Å². The minimum atomic E-state index is -0.911. The van der Waals surface area contributed by atoms with Gasteiger partial charge in [0.05, 0.1) is 7.11 Å². The van der Waals surface area contributed by atoms with E-state index in [0.29, 0.717) is 12.0 Å². The second-order valence-electron chi connectivity index (χ2n) is 6.11. The molecule has 2 atom stereocenters. The normalized spacial score (nSPS) is 13.1. The zero-order valence-electron chi connectivity index (χ0n) is 15.9. The Morgan fingerprint density at radius 3 is 2.41 bits per heavy atom. The fourth-order valence-corrected chi connectivity index (χ4v) is 2.19. The third kappa shape index (κ3) is 6.94. The highest BCUT2D eigenvalue weighted by Crippen LogP contribution is 2.11. The van der Waals surface area contributed by atoms with Crippen LogP contribution in [0.15, 0.2) is 29.8 Å². The zero-order valence-corrected chi connectivity index (χ0v) is 15.9. The molecule has 7 nitrogen and oxygen atoms in total. The van der Waals surface area contributed by atoms with Crippen LogP contribution < -0.4 is 5.32 Å². The fourth-order valence-electron chi connectivity index (χ4n) is 2.19. The van der Waals surface area contributed by atoms with Crippen molar-refractivity contribution in [2.75, 3.05) is 13.7 Å². The van der Waals surface area contributed by atoms with Crippen LogP contribution in [-0.4, -0.2) is 37.6 Å². The predicted molar refractivity (Wildman–Crippen MR) is 99.1 cm³/mol. The summed E-state index contributed by atoms with van der Waals surface area (Å²) in [5.41, 5.74) is 1.49. The minimum absolute atomic E-state index is 0.145. The summed E-state index contributed by atoms with van der Waals surface area (Å²) in [6.45, 7) is 5.00. The lowest BCUT2D eigenvalue weighted by molar-refractivity contribution is -0.149. The molecule has 1 N–H and O–H groups in total. The monoisotopic (exact) mass is 372 g/mol. The molecular weight excluding hydrogens is 348 g/mol. The first-order chi connectivity index (χ1) is 12.8. The molecule has 0 aliphatic heterocycles. The van der Waals surface area contributed by atoms with E-state index in [-0.39, 0.29) is 11.5 Å². The van der Waals surface area contributed by atoms with Crippen LogP contribution >= 0.6 is 0 Å². The van der Waals surface area contributed by atoms with Gasteiger partial charge >= 0.3 is 11.9 Å². The van der Waals surface area contributed by atoms with Gasteiger partial charge in [-0.1, -0.05) is 50.1 Å². The maximum absolute atomic E-state index is 12.0. The molecule has 0 aromatic heterocycles. The van der Waals surface area contributed by atoms with E-state index in [9.17, 15) is 14.4 Å². The van der Waals surface area contributed by atoms with E-state index in [1.54, 1.807) is 25.1 Å². The molecule has 0 aliphatic rings. The number of benzene rings is 1. The molecule has 1 rings (SSSR count). The van der Waals surface area contributed by atoms with Crippen molar-refractivity contribution in [3.05, 3.63) is 41.0 Å². The Morgan fingerprint density at radius 1 is 1.26 bits per heavy atom. The second-order valence-corrected chi connectivity index (χ2v) is 6.11. The number of methoxy groups -OCH3 is 1. The summed E-state index contributed by atoms with van der Waals surface area (Å²) < 4.78 is 9.57. The molecule has 1 amide bonds. The van der Waals surface area contributed by atoms with E-state index in [1.807, 2.05) is 26.0 Å². The van der Waals surface area contributed by atoms with Crippen molar-refractivity contribution < 1.29 is 23.9 Å². The van der Waals surface area contributed by atoms with Crippen molar-refractivity contribution in [1.29, 1.82) is 5.26 Å². The molecule has 1 aromatic rings. The van der Waals surface area contributed by atoms with E-state index >= 15 is 0 Å². The number of ether oxygens (including phenoxy) is 2. The molecule has 0 spiro atoms. The number of nitrogens with one attached hydrogen (secondary N) is 1. The van der Waals surface area contributed by atoms with Crippen LogP contribution in [0, 0.1) is 24.2 Å². The third-order valence-corrected chi connectivity index (χ3v) is 4.05. The minimum Gasteiger partial charge on any atom is -0.467 e. The molecule has 7 heteroatoms. The van der Waals surface area contributed by atoms with Crippen molar-refractivity contribution in [3.63, 3.8) is 0 Å². The van der Waals surface area contributed by atoms with Gasteiger partial charge in [0, 0.05) is 0 Å². The molecule has 0 radical (unpaired) electrons. The van der Waals surface area contributed by atoms with Crippen molar-refractivity contribution in [2.24, 2.45) is 5.92 Å². The number of aryl methyl sites for hydroxylation is 1. The van der Waals surface area contributed by atoms with Gasteiger partial charge in [0.25, 0.3) is 5.91 Å². The van der Waals surface area contributed by atoms with Gasteiger partial charge in [0.1, 0.15) is 17.7 Å². The first kappa shape index (κ1) is 21.9.